The van der Waals surface area contributed by atoms with Crippen LogP contribution in [-0.4, -0.2) is 14.5 Å². The van der Waals surface area contributed by atoms with Gasteiger partial charge in [-0.1, -0.05) is 58.4 Å². The number of rotatable bonds is 4. The van der Waals surface area contributed by atoms with Crippen LogP contribution in [0, 0.1) is 3.95 Å². The average Bonchev–Trinajstić information content (AvgIpc) is 2.98. The minimum Gasteiger partial charge on any atom is -0.300 e. The summed E-state index contributed by atoms with van der Waals surface area (Å²) in [6, 6.07) is 14.9. The first-order chi connectivity index (χ1) is 13.0. The third-order valence-electron chi connectivity index (χ3n) is 3.77. The van der Waals surface area contributed by atoms with E-state index in [0.717, 1.165) is 11.3 Å². The molecule has 1 N–H and O–H groups in total. The Kier molecular flexibility index (Phi) is 5.39. The molecule has 9 heteroatoms. The second kappa shape index (κ2) is 7.77. The maximum Gasteiger partial charge on any atom is 0.271 e. The van der Waals surface area contributed by atoms with E-state index in [1.807, 2.05) is 36.4 Å². The highest BCUT2D eigenvalue weighted by Gasteiger charge is 2.14. The van der Waals surface area contributed by atoms with E-state index in [-0.39, 0.29) is 5.56 Å². The van der Waals surface area contributed by atoms with Crippen molar-refractivity contribution in [1.82, 2.24) is 14.5 Å². The second-order valence-corrected chi connectivity index (χ2v) is 9.10. The molecule has 136 valence electrons. The molecule has 2 aromatic carbocycles. The highest BCUT2D eigenvalue weighted by Crippen LogP contribution is 2.26. The fraction of sp³-hybridized carbons (Fsp3) is 0.0556. The average molecular weight is 452 g/mol. The molecule has 4 rings (SSSR count). The Morgan fingerprint density at radius 1 is 1.15 bits per heavy atom. The van der Waals surface area contributed by atoms with Crippen molar-refractivity contribution in [3.8, 4) is 5.69 Å². The Morgan fingerprint density at radius 3 is 2.67 bits per heavy atom. The predicted molar refractivity (Wildman–Crippen MR) is 116 cm³/mol. The SMILES string of the molecule is O=c1[nH]c(SCc2cccc(Cl)c2)nc2c1sc(=S)n2-c1ccc(Cl)cc1. The number of fused-ring (bicyclic) bond motifs is 1. The van der Waals surface area contributed by atoms with Crippen LogP contribution in [-0.2, 0) is 5.75 Å². The van der Waals surface area contributed by atoms with Crippen molar-refractivity contribution < 1.29 is 0 Å². The van der Waals surface area contributed by atoms with Gasteiger partial charge in [-0.3, -0.25) is 9.36 Å². The van der Waals surface area contributed by atoms with Crippen LogP contribution in [0.15, 0.2) is 58.5 Å². The van der Waals surface area contributed by atoms with Crippen LogP contribution in [0.1, 0.15) is 5.56 Å². The third kappa shape index (κ3) is 3.97. The van der Waals surface area contributed by atoms with E-state index in [4.69, 9.17) is 35.4 Å². The summed E-state index contributed by atoms with van der Waals surface area (Å²) in [5.41, 5.74) is 2.22. The summed E-state index contributed by atoms with van der Waals surface area (Å²) in [5.74, 6) is 0.640. The van der Waals surface area contributed by atoms with Crippen molar-refractivity contribution in [3.63, 3.8) is 0 Å². The summed E-state index contributed by atoms with van der Waals surface area (Å²) in [4.78, 5) is 20.0. The fourth-order valence-electron chi connectivity index (χ4n) is 2.56. The first-order valence-corrected chi connectivity index (χ1v) is 10.8. The molecule has 0 aliphatic heterocycles. The number of hydrogen-bond acceptors (Lipinski definition) is 5. The smallest absolute Gasteiger partial charge is 0.271 e. The van der Waals surface area contributed by atoms with Crippen molar-refractivity contribution in [2.45, 2.75) is 10.9 Å². The lowest BCUT2D eigenvalue weighted by molar-refractivity contribution is 0.943. The van der Waals surface area contributed by atoms with Gasteiger partial charge in [-0.15, -0.1) is 0 Å². The van der Waals surface area contributed by atoms with E-state index in [9.17, 15) is 4.79 Å². The van der Waals surface area contributed by atoms with E-state index in [1.54, 1.807) is 16.7 Å². The predicted octanol–water partition coefficient (Wildman–Crippen LogP) is 6.10. The molecular formula is C18H11Cl2N3OS3. The number of nitrogens with one attached hydrogen (secondary N) is 1. The molecule has 0 amide bonds. The summed E-state index contributed by atoms with van der Waals surface area (Å²) in [5, 5.41) is 1.84. The second-order valence-electron chi connectivity index (χ2n) is 5.62. The molecule has 0 fully saturated rings. The number of thiazole rings is 1. The summed E-state index contributed by atoms with van der Waals surface area (Å²) in [7, 11) is 0. The molecule has 0 unspecified atom stereocenters. The fourth-order valence-corrected chi connectivity index (χ4v) is 4.97. The Bertz CT molecular complexity index is 1250. The molecular weight excluding hydrogens is 441 g/mol. The molecule has 0 aliphatic rings. The molecule has 0 saturated heterocycles. The van der Waals surface area contributed by atoms with Crippen molar-refractivity contribution in [2.75, 3.05) is 0 Å². The van der Waals surface area contributed by atoms with Crippen molar-refractivity contribution in [2.24, 2.45) is 0 Å². The molecule has 4 aromatic rings. The van der Waals surface area contributed by atoms with E-state index < -0.39 is 0 Å². The van der Waals surface area contributed by atoms with E-state index in [0.29, 0.717) is 35.3 Å². The molecule has 2 aromatic heterocycles. The molecule has 27 heavy (non-hydrogen) atoms. The van der Waals surface area contributed by atoms with Gasteiger partial charge in [-0.25, -0.2) is 4.98 Å². The minimum atomic E-state index is -0.197. The maximum atomic E-state index is 12.5. The number of thioether (sulfide) groups is 1. The van der Waals surface area contributed by atoms with Gasteiger partial charge in [-0.2, -0.15) is 0 Å². The number of nitrogens with zero attached hydrogens (tertiary/aromatic N) is 2. The lowest BCUT2D eigenvalue weighted by Gasteiger charge is -2.06. The summed E-state index contributed by atoms with van der Waals surface area (Å²) >= 11 is 20.1. The number of benzene rings is 2. The Hall–Kier alpha value is -1.64. The lowest BCUT2D eigenvalue weighted by Crippen LogP contribution is -2.09. The number of aromatic amines is 1. The highest BCUT2D eigenvalue weighted by molar-refractivity contribution is 7.98. The van der Waals surface area contributed by atoms with Gasteiger partial charge < -0.3 is 4.98 Å². The van der Waals surface area contributed by atoms with Gasteiger partial charge in [0.2, 0.25) is 0 Å². The van der Waals surface area contributed by atoms with Crippen LogP contribution in [0.2, 0.25) is 10.0 Å². The summed E-state index contributed by atoms with van der Waals surface area (Å²) < 4.78 is 2.86. The molecule has 0 aliphatic carbocycles. The molecule has 0 spiro atoms. The third-order valence-corrected chi connectivity index (χ3v) is 6.56. The highest BCUT2D eigenvalue weighted by atomic mass is 35.5. The van der Waals surface area contributed by atoms with Crippen LogP contribution >= 0.6 is 58.5 Å². The zero-order chi connectivity index (χ0) is 19.0. The zero-order valence-electron chi connectivity index (χ0n) is 13.6. The lowest BCUT2D eigenvalue weighted by atomic mass is 10.2. The quantitative estimate of drug-likeness (QED) is 0.231. The van der Waals surface area contributed by atoms with Gasteiger partial charge in [0.05, 0.1) is 0 Å². The van der Waals surface area contributed by atoms with Crippen molar-refractivity contribution in [1.29, 1.82) is 0 Å². The monoisotopic (exact) mass is 451 g/mol. The van der Waals surface area contributed by atoms with Gasteiger partial charge in [0, 0.05) is 21.5 Å². The normalized spacial score (nSPS) is 11.2. The topological polar surface area (TPSA) is 50.7 Å². The van der Waals surface area contributed by atoms with Crippen LogP contribution in [0.4, 0.5) is 0 Å². The van der Waals surface area contributed by atoms with Crippen molar-refractivity contribution in [3.05, 3.63) is 78.4 Å². The number of aromatic nitrogens is 3. The molecule has 2 heterocycles. The van der Waals surface area contributed by atoms with Crippen LogP contribution in [0.25, 0.3) is 16.0 Å². The van der Waals surface area contributed by atoms with E-state index >= 15 is 0 Å². The molecule has 0 radical (unpaired) electrons. The van der Waals surface area contributed by atoms with Crippen LogP contribution in [0.5, 0.6) is 0 Å². The van der Waals surface area contributed by atoms with Gasteiger partial charge >= 0.3 is 0 Å². The Balaban J connectivity index is 1.75. The first-order valence-electron chi connectivity index (χ1n) is 7.80. The zero-order valence-corrected chi connectivity index (χ0v) is 17.6. The standard InChI is InChI=1S/C18H11Cl2N3OS3/c19-11-4-6-13(7-5-11)23-15-14(27-18(23)25)16(24)22-17(21-15)26-9-10-2-1-3-12(20)8-10/h1-8H,9H2,(H,21,22,24). The van der Waals surface area contributed by atoms with Crippen LogP contribution in [0.3, 0.4) is 0 Å². The van der Waals surface area contributed by atoms with Crippen LogP contribution < -0.4 is 5.56 Å². The molecule has 4 nitrogen and oxygen atoms in total. The molecule has 0 atom stereocenters. The first kappa shape index (κ1) is 18.7. The van der Waals surface area contributed by atoms with Gasteiger partial charge in [0.15, 0.2) is 14.8 Å². The number of H-pyrrole nitrogens is 1. The van der Waals surface area contributed by atoms with Gasteiger partial charge in [0.25, 0.3) is 5.56 Å². The van der Waals surface area contributed by atoms with Gasteiger partial charge in [0.1, 0.15) is 4.70 Å². The van der Waals surface area contributed by atoms with Crippen molar-refractivity contribution >= 4 is 68.9 Å². The summed E-state index contributed by atoms with van der Waals surface area (Å²) in [6.45, 7) is 0. The molecule has 0 bridgehead atoms. The van der Waals surface area contributed by atoms with E-state index in [2.05, 4.69) is 9.97 Å². The van der Waals surface area contributed by atoms with E-state index in [1.165, 1.54) is 23.1 Å². The Labute approximate surface area is 177 Å². The molecule has 0 saturated carbocycles. The number of hydrogen-bond donors (Lipinski definition) is 1. The largest absolute Gasteiger partial charge is 0.300 e. The maximum absolute atomic E-state index is 12.5. The summed E-state index contributed by atoms with van der Waals surface area (Å²) in [6.07, 6.45) is 0. The number of halogens is 2. The van der Waals surface area contributed by atoms with Gasteiger partial charge in [-0.05, 0) is 54.2 Å². The Morgan fingerprint density at radius 2 is 1.93 bits per heavy atom. The minimum absolute atomic E-state index is 0.197.